The summed E-state index contributed by atoms with van der Waals surface area (Å²) in [5.74, 6) is 0.541. The Bertz CT molecular complexity index is 723. The molecule has 0 amide bonds. The minimum atomic E-state index is -1.06. The number of hydrogen-bond acceptors (Lipinski definition) is 4. The largest absolute Gasteiger partial charge is 0.496 e. The number of fused-ring (bicyclic) bond motifs is 3. The standard InChI is InChI=1S/C21H28O4/c1-6-25-19(23)21(4)17-8-7-14-15(11-13(2)12-16(14)24-5)20(17,3)10-9-18(21)22/h11-12,17H,6-10H2,1-5H3/t17-,20-,21-/m0/s1. The molecule has 0 aromatic heterocycles. The van der Waals surface area contributed by atoms with Crippen molar-refractivity contribution in [1.29, 1.82) is 0 Å². The van der Waals surface area contributed by atoms with Gasteiger partial charge in [-0.05, 0) is 74.1 Å². The molecular weight excluding hydrogens is 316 g/mol. The van der Waals surface area contributed by atoms with Gasteiger partial charge in [-0.25, -0.2) is 0 Å². The third kappa shape index (κ3) is 2.49. The highest BCUT2D eigenvalue weighted by Crippen LogP contribution is 2.57. The van der Waals surface area contributed by atoms with Gasteiger partial charge < -0.3 is 9.47 Å². The second-order valence-corrected chi connectivity index (χ2v) is 7.85. The molecule has 0 spiro atoms. The van der Waals surface area contributed by atoms with Crippen molar-refractivity contribution < 1.29 is 19.1 Å². The Morgan fingerprint density at radius 1 is 1.28 bits per heavy atom. The minimum absolute atomic E-state index is 0.0245. The molecule has 1 aromatic carbocycles. The Hall–Kier alpha value is -1.84. The molecule has 1 saturated carbocycles. The number of Topliss-reactive ketones (excluding diaryl/α,β-unsaturated/α-hetero) is 1. The second kappa shape index (κ2) is 6.15. The molecular formula is C21H28O4. The van der Waals surface area contributed by atoms with Crippen molar-refractivity contribution in [2.24, 2.45) is 11.3 Å². The molecule has 0 unspecified atom stereocenters. The van der Waals surface area contributed by atoms with E-state index in [2.05, 4.69) is 26.0 Å². The first-order chi connectivity index (χ1) is 11.8. The number of rotatable bonds is 3. The Kier molecular flexibility index (Phi) is 4.42. The maximum Gasteiger partial charge on any atom is 0.319 e. The van der Waals surface area contributed by atoms with Gasteiger partial charge in [0, 0.05) is 6.42 Å². The van der Waals surface area contributed by atoms with E-state index in [0.29, 0.717) is 13.0 Å². The van der Waals surface area contributed by atoms with Gasteiger partial charge in [0.25, 0.3) is 0 Å². The third-order valence-electron chi connectivity index (χ3n) is 6.49. The summed E-state index contributed by atoms with van der Waals surface area (Å²) in [4.78, 5) is 25.6. The number of carbonyl (C=O) groups is 2. The van der Waals surface area contributed by atoms with Crippen LogP contribution in [0.25, 0.3) is 0 Å². The van der Waals surface area contributed by atoms with E-state index in [1.807, 2.05) is 0 Å². The SMILES string of the molecule is CCOC(=O)[C@]1(C)C(=O)CC[C@@]2(C)c3cc(C)cc(OC)c3CC[C@H]12. The molecule has 2 aliphatic rings. The van der Waals surface area contributed by atoms with Gasteiger partial charge in [0.15, 0.2) is 0 Å². The maximum atomic E-state index is 12.8. The van der Waals surface area contributed by atoms with E-state index in [1.165, 1.54) is 11.1 Å². The van der Waals surface area contributed by atoms with Crippen molar-refractivity contribution in [2.75, 3.05) is 13.7 Å². The zero-order valence-corrected chi connectivity index (χ0v) is 15.9. The Morgan fingerprint density at radius 3 is 2.64 bits per heavy atom. The van der Waals surface area contributed by atoms with Crippen molar-refractivity contribution in [1.82, 2.24) is 0 Å². The van der Waals surface area contributed by atoms with Gasteiger partial charge in [0.2, 0.25) is 0 Å². The first kappa shape index (κ1) is 18.0. The fourth-order valence-corrected chi connectivity index (χ4v) is 5.13. The number of hydrogen-bond donors (Lipinski definition) is 0. The number of aryl methyl sites for hydroxylation is 1. The number of ketones is 1. The van der Waals surface area contributed by atoms with E-state index < -0.39 is 5.41 Å². The van der Waals surface area contributed by atoms with Crippen LogP contribution in [-0.4, -0.2) is 25.5 Å². The molecule has 0 bridgehead atoms. The van der Waals surface area contributed by atoms with E-state index in [1.54, 1.807) is 21.0 Å². The van der Waals surface area contributed by atoms with Gasteiger partial charge in [-0.3, -0.25) is 9.59 Å². The van der Waals surface area contributed by atoms with Crippen LogP contribution in [0.4, 0.5) is 0 Å². The van der Waals surface area contributed by atoms with Gasteiger partial charge in [-0.15, -0.1) is 0 Å². The van der Waals surface area contributed by atoms with Crippen LogP contribution in [0.5, 0.6) is 5.75 Å². The van der Waals surface area contributed by atoms with E-state index >= 15 is 0 Å². The number of carbonyl (C=O) groups excluding carboxylic acids is 2. The van der Waals surface area contributed by atoms with E-state index in [0.717, 1.165) is 30.6 Å². The Labute approximate surface area is 149 Å². The van der Waals surface area contributed by atoms with Crippen LogP contribution >= 0.6 is 0 Å². The summed E-state index contributed by atoms with van der Waals surface area (Å²) >= 11 is 0. The van der Waals surface area contributed by atoms with Crippen molar-refractivity contribution in [3.8, 4) is 5.75 Å². The summed E-state index contributed by atoms with van der Waals surface area (Å²) in [6.07, 6.45) is 2.80. The van der Waals surface area contributed by atoms with Crippen LogP contribution in [0.15, 0.2) is 12.1 Å². The van der Waals surface area contributed by atoms with Crippen molar-refractivity contribution in [3.63, 3.8) is 0 Å². The van der Waals surface area contributed by atoms with Crippen molar-refractivity contribution >= 4 is 11.8 Å². The number of methoxy groups -OCH3 is 1. The molecule has 0 N–H and O–H groups in total. The summed E-state index contributed by atoms with van der Waals surface area (Å²) in [7, 11) is 1.70. The quantitative estimate of drug-likeness (QED) is 0.619. The smallest absolute Gasteiger partial charge is 0.319 e. The first-order valence-electron chi connectivity index (χ1n) is 9.17. The molecule has 3 atom stereocenters. The molecule has 0 saturated heterocycles. The van der Waals surface area contributed by atoms with Crippen LogP contribution in [0.1, 0.15) is 56.7 Å². The minimum Gasteiger partial charge on any atom is -0.496 e. The highest BCUT2D eigenvalue weighted by Gasteiger charge is 2.60. The van der Waals surface area contributed by atoms with Crippen LogP contribution in [0, 0.1) is 18.3 Å². The van der Waals surface area contributed by atoms with Crippen LogP contribution in [0.3, 0.4) is 0 Å². The average molecular weight is 344 g/mol. The van der Waals surface area contributed by atoms with Gasteiger partial charge >= 0.3 is 5.97 Å². The number of ether oxygens (including phenoxy) is 2. The molecule has 4 heteroatoms. The molecule has 1 aromatic rings. The fourth-order valence-electron chi connectivity index (χ4n) is 5.13. The lowest BCUT2D eigenvalue weighted by atomic mass is 9.49. The molecule has 0 heterocycles. The normalized spacial score (nSPS) is 31.1. The fraction of sp³-hybridized carbons (Fsp3) is 0.619. The average Bonchev–Trinajstić information content (AvgIpc) is 2.58. The summed E-state index contributed by atoms with van der Waals surface area (Å²) in [5.41, 5.74) is 2.34. The Morgan fingerprint density at radius 2 is 2.00 bits per heavy atom. The number of esters is 1. The highest BCUT2D eigenvalue weighted by atomic mass is 16.5. The molecule has 1 fully saturated rings. The monoisotopic (exact) mass is 344 g/mol. The lowest BCUT2D eigenvalue weighted by molar-refractivity contribution is -0.169. The predicted octanol–water partition coefficient (Wildman–Crippen LogP) is 3.76. The van der Waals surface area contributed by atoms with Crippen LogP contribution < -0.4 is 4.74 Å². The van der Waals surface area contributed by atoms with E-state index in [9.17, 15) is 9.59 Å². The van der Waals surface area contributed by atoms with Crippen LogP contribution in [0.2, 0.25) is 0 Å². The summed E-state index contributed by atoms with van der Waals surface area (Å²) in [6.45, 7) is 8.16. The summed E-state index contributed by atoms with van der Waals surface area (Å²) in [5, 5.41) is 0. The molecule has 0 radical (unpaired) electrons. The zero-order chi connectivity index (χ0) is 18.4. The molecule has 3 rings (SSSR count). The molecule has 2 aliphatic carbocycles. The third-order valence-corrected chi connectivity index (χ3v) is 6.49. The maximum absolute atomic E-state index is 12.8. The van der Waals surface area contributed by atoms with Gasteiger partial charge in [-0.1, -0.05) is 13.0 Å². The molecule has 136 valence electrons. The summed E-state index contributed by atoms with van der Waals surface area (Å²) in [6, 6.07) is 4.28. The predicted molar refractivity (Wildman–Crippen MR) is 95.9 cm³/mol. The van der Waals surface area contributed by atoms with Gasteiger partial charge in [0.05, 0.1) is 13.7 Å². The van der Waals surface area contributed by atoms with E-state index in [-0.39, 0.29) is 23.1 Å². The van der Waals surface area contributed by atoms with Gasteiger partial charge in [-0.2, -0.15) is 0 Å². The Balaban J connectivity index is 2.15. The van der Waals surface area contributed by atoms with E-state index in [4.69, 9.17) is 9.47 Å². The van der Waals surface area contributed by atoms with Crippen LogP contribution in [-0.2, 0) is 26.2 Å². The molecule has 25 heavy (non-hydrogen) atoms. The van der Waals surface area contributed by atoms with Gasteiger partial charge in [0.1, 0.15) is 16.9 Å². The lowest BCUT2D eigenvalue weighted by Gasteiger charge is -2.53. The van der Waals surface area contributed by atoms with Crippen molar-refractivity contribution in [3.05, 3.63) is 28.8 Å². The summed E-state index contributed by atoms with van der Waals surface area (Å²) < 4.78 is 10.9. The van der Waals surface area contributed by atoms with Crippen molar-refractivity contribution in [2.45, 2.75) is 58.8 Å². The number of benzene rings is 1. The zero-order valence-electron chi connectivity index (χ0n) is 15.9. The lowest BCUT2D eigenvalue weighted by Crippen LogP contribution is -2.57. The molecule has 0 aliphatic heterocycles. The second-order valence-electron chi connectivity index (χ2n) is 7.85. The highest BCUT2D eigenvalue weighted by molar-refractivity contribution is 6.04. The first-order valence-corrected chi connectivity index (χ1v) is 9.17. The topological polar surface area (TPSA) is 52.6 Å². The molecule has 4 nitrogen and oxygen atoms in total.